The molecule has 0 fully saturated rings. The predicted octanol–water partition coefficient (Wildman–Crippen LogP) is 13.8. The van der Waals surface area contributed by atoms with Crippen LogP contribution in [-0.4, -0.2) is 16.2 Å². The van der Waals surface area contributed by atoms with Crippen LogP contribution in [0.2, 0.25) is 0 Å². The lowest BCUT2D eigenvalue weighted by Crippen LogP contribution is -2.27. The van der Waals surface area contributed by atoms with Crippen molar-refractivity contribution in [2.75, 3.05) is 16.5 Å². The van der Waals surface area contributed by atoms with E-state index < -0.39 is 0 Å². The second-order valence-corrected chi connectivity index (χ2v) is 17.1. The largest absolute Gasteiger partial charge is 0.457 e. The van der Waals surface area contributed by atoms with Crippen LogP contribution < -0.4 is 14.5 Å². The Labute approximate surface area is 342 Å². The van der Waals surface area contributed by atoms with Crippen LogP contribution in [0.4, 0.5) is 11.4 Å². The van der Waals surface area contributed by atoms with Gasteiger partial charge in [-0.3, -0.25) is 4.57 Å². The molecule has 0 saturated heterocycles. The van der Waals surface area contributed by atoms with Crippen molar-refractivity contribution < 1.29 is 4.74 Å². The molecule has 5 nitrogen and oxygen atoms in total. The predicted molar refractivity (Wildman–Crippen MR) is 242 cm³/mol. The third-order valence-corrected chi connectivity index (χ3v) is 12.0. The molecule has 1 aliphatic heterocycles. The molecule has 0 N–H and O–H groups in total. The molecule has 288 valence electrons. The number of nitrogens with zero attached hydrogens (tertiary/aromatic N) is 4. The van der Waals surface area contributed by atoms with E-state index >= 15 is 0 Å². The molecular formula is C53H50N4O. The fourth-order valence-corrected chi connectivity index (χ4v) is 8.37. The van der Waals surface area contributed by atoms with E-state index in [1.54, 1.807) is 0 Å². The maximum absolute atomic E-state index is 6.88. The van der Waals surface area contributed by atoms with Crippen molar-refractivity contribution in [3.63, 3.8) is 0 Å². The van der Waals surface area contributed by atoms with Crippen molar-refractivity contribution in [3.8, 4) is 28.4 Å². The van der Waals surface area contributed by atoms with Crippen molar-refractivity contribution in [2.45, 2.75) is 59.3 Å². The average molecular weight is 759 g/mol. The fourth-order valence-electron chi connectivity index (χ4n) is 8.37. The summed E-state index contributed by atoms with van der Waals surface area (Å²) in [4.78, 5) is 9.68. The van der Waals surface area contributed by atoms with E-state index in [9.17, 15) is 0 Å². The van der Waals surface area contributed by atoms with E-state index in [0.29, 0.717) is 6.67 Å². The fraction of sp³-hybridized carbons (Fsp3) is 0.189. The van der Waals surface area contributed by atoms with Gasteiger partial charge in [0.1, 0.15) is 17.3 Å². The molecule has 5 heteroatoms. The first-order valence-corrected chi connectivity index (χ1v) is 20.2. The van der Waals surface area contributed by atoms with Gasteiger partial charge in [0.2, 0.25) is 0 Å². The third kappa shape index (κ3) is 6.71. The standard InChI is InChI=1S/C53H50N4O/c1-36-37(2)56(35-55(36)43-24-22-41(23-25-43)53(6,7)40-18-12-9-13-19-40)44-30-39(38-16-10-8-11-17-38)31-46(33-44)58-45-26-27-48-47-20-14-15-21-49(47)57(50(48)34-45)51-32-42(28-29-54-51)52(3,4)5/h8-34H,35H2,1-7H3. The average Bonchev–Trinajstić information content (AvgIpc) is 3.73. The second-order valence-electron chi connectivity index (χ2n) is 17.1. The van der Waals surface area contributed by atoms with Crippen LogP contribution in [0.5, 0.6) is 11.5 Å². The molecule has 0 radical (unpaired) electrons. The molecule has 0 atom stereocenters. The van der Waals surface area contributed by atoms with Crippen LogP contribution in [0.15, 0.2) is 175 Å². The van der Waals surface area contributed by atoms with Crippen LogP contribution in [0.25, 0.3) is 38.8 Å². The summed E-state index contributed by atoms with van der Waals surface area (Å²) in [7, 11) is 0. The minimum absolute atomic E-state index is 0.00496. The van der Waals surface area contributed by atoms with Crippen LogP contribution in [-0.2, 0) is 10.8 Å². The van der Waals surface area contributed by atoms with E-state index in [-0.39, 0.29) is 10.8 Å². The monoisotopic (exact) mass is 758 g/mol. The number of para-hydroxylation sites is 1. The summed E-state index contributed by atoms with van der Waals surface area (Å²) in [5, 5.41) is 2.35. The first-order chi connectivity index (χ1) is 28.0. The molecule has 9 rings (SSSR count). The smallest absolute Gasteiger partial charge is 0.137 e. The zero-order valence-corrected chi connectivity index (χ0v) is 34.5. The quantitative estimate of drug-likeness (QED) is 0.155. The molecule has 1 aliphatic rings. The van der Waals surface area contributed by atoms with Crippen LogP contribution >= 0.6 is 0 Å². The molecule has 0 spiro atoms. The zero-order chi connectivity index (χ0) is 40.2. The molecule has 58 heavy (non-hydrogen) atoms. The number of hydrogen-bond donors (Lipinski definition) is 0. The number of rotatable bonds is 8. The lowest BCUT2D eigenvalue weighted by atomic mass is 9.78. The van der Waals surface area contributed by atoms with Gasteiger partial charge in [-0.25, -0.2) is 4.98 Å². The summed E-state index contributed by atoms with van der Waals surface area (Å²) in [6.45, 7) is 16.4. The van der Waals surface area contributed by atoms with Crippen molar-refractivity contribution >= 4 is 33.2 Å². The van der Waals surface area contributed by atoms with E-state index in [1.165, 1.54) is 39.2 Å². The Morgan fingerprint density at radius 3 is 1.86 bits per heavy atom. The van der Waals surface area contributed by atoms with Crippen LogP contribution in [0, 0.1) is 0 Å². The molecular weight excluding hydrogens is 709 g/mol. The van der Waals surface area contributed by atoms with Crippen molar-refractivity contribution in [3.05, 3.63) is 192 Å². The Morgan fingerprint density at radius 2 is 1.14 bits per heavy atom. The van der Waals surface area contributed by atoms with Gasteiger partial charge in [0, 0.05) is 57.3 Å². The topological polar surface area (TPSA) is 33.5 Å². The number of anilines is 2. The maximum Gasteiger partial charge on any atom is 0.137 e. The molecule has 0 saturated carbocycles. The Hall–Kier alpha value is -6.59. The highest BCUT2D eigenvalue weighted by Crippen LogP contribution is 2.41. The highest BCUT2D eigenvalue weighted by Gasteiger charge is 2.28. The second kappa shape index (κ2) is 14.4. The van der Waals surface area contributed by atoms with E-state index in [4.69, 9.17) is 9.72 Å². The van der Waals surface area contributed by atoms with Gasteiger partial charge in [0.15, 0.2) is 0 Å². The number of aromatic nitrogens is 2. The number of hydrogen-bond acceptors (Lipinski definition) is 4. The number of pyridine rings is 1. The zero-order valence-electron chi connectivity index (χ0n) is 34.5. The Bertz CT molecular complexity index is 2810. The lowest BCUT2D eigenvalue weighted by molar-refractivity contribution is 0.483. The summed E-state index contributed by atoms with van der Waals surface area (Å²) in [6.07, 6.45) is 1.92. The highest BCUT2D eigenvalue weighted by atomic mass is 16.5. The Balaban J connectivity index is 1.07. The minimum atomic E-state index is -0.0960. The highest BCUT2D eigenvalue weighted by molar-refractivity contribution is 6.09. The molecule has 6 aromatic carbocycles. The first-order valence-electron chi connectivity index (χ1n) is 20.2. The number of allylic oxidation sites excluding steroid dienone is 2. The molecule has 0 unspecified atom stereocenters. The van der Waals surface area contributed by atoms with Gasteiger partial charge >= 0.3 is 0 Å². The molecule has 8 aromatic rings. The maximum atomic E-state index is 6.88. The third-order valence-electron chi connectivity index (χ3n) is 12.0. The van der Waals surface area contributed by atoms with Crippen LogP contribution in [0.3, 0.4) is 0 Å². The number of benzene rings is 6. The molecule has 0 amide bonds. The van der Waals surface area contributed by atoms with E-state index in [2.05, 4.69) is 221 Å². The van der Waals surface area contributed by atoms with Crippen molar-refractivity contribution in [1.82, 2.24) is 9.55 Å². The van der Waals surface area contributed by atoms with Gasteiger partial charge in [-0.15, -0.1) is 0 Å². The van der Waals surface area contributed by atoms with Crippen molar-refractivity contribution in [1.29, 1.82) is 0 Å². The summed E-state index contributed by atoms with van der Waals surface area (Å²) in [5.74, 6) is 2.45. The Kier molecular flexibility index (Phi) is 9.20. The Morgan fingerprint density at radius 1 is 0.500 bits per heavy atom. The van der Waals surface area contributed by atoms with Gasteiger partial charge in [0.25, 0.3) is 0 Å². The molecule has 2 aromatic heterocycles. The normalized spacial score (nSPS) is 13.6. The number of ether oxygens (including phenoxy) is 1. The molecule has 0 bridgehead atoms. The van der Waals surface area contributed by atoms with Crippen LogP contribution in [0.1, 0.15) is 65.2 Å². The first kappa shape index (κ1) is 37.0. The number of fused-ring (bicyclic) bond motifs is 3. The molecule has 3 heterocycles. The minimum Gasteiger partial charge on any atom is -0.457 e. The summed E-state index contributed by atoms with van der Waals surface area (Å²) < 4.78 is 9.15. The summed E-state index contributed by atoms with van der Waals surface area (Å²) >= 11 is 0. The van der Waals surface area contributed by atoms with E-state index in [1.807, 2.05) is 6.20 Å². The van der Waals surface area contributed by atoms with Gasteiger partial charge in [0.05, 0.1) is 17.7 Å². The van der Waals surface area contributed by atoms with Crippen molar-refractivity contribution in [2.24, 2.45) is 0 Å². The summed E-state index contributed by atoms with van der Waals surface area (Å²) in [6, 6.07) is 56.3. The lowest BCUT2D eigenvalue weighted by Gasteiger charge is -2.28. The van der Waals surface area contributed by atoms with Gasteiger partial charge < -0.3 is 14.5 Å². The summed E-state index contributed by atoms with van der Waals surface area (Å²) in [5.41, 5.74) is 12.8. The van der Waals surface area contributed by atoms with E-state index in [0.717, 1.165) is 50.6 Å². The molecule has 0 aliphatic carbocycles. The van der Waals surface area contributed by atoms with Gasteiger partial charge in [-0.1, -0.05) is 126 Å². The SMILES string of the molecule is CC1=C(C)N(c2cc(Oc3ccc4c5ccccc5n(-c5cc(C(C)(C)C)ccn5)c4c3)cc(-c3ccccc3)c2)CN1c1ccc(C(C)(C)c2ccccc2)cc1. The van der Waals surface area contributed by atoms with Gasteiger partial charge in [-0.2, -0.15) is 0 Å². The van der Waals surface area contributed by atoms with Gasteiger partial charge in [-0.05, 0) is 102 Å².